The van der Waals surface area contributed by atoms with Crippen molar-refractivity contribution in [2.24, 2.45) is 5.92 Å². The van der Waals surface area contributed by atoms with Gasteiger partial charge in [0.1, 0.15) is 11.4 Å². The van der Waals surface area contributed by atoms with Gasteiger partial charge in [-0.15, -0.1) is 11.3 Å². The molecule has 0 radical (unpaired) electrons. The molecular formula is C23H26N4O2S. The summed E-state index contributed by atoms with van der Waals surface area (Å²) >= 11 is 1.64. The molecule has 1 amide bonds. The third-order valence-electron chi connectivity index (χ3n) is 6.25. The summed E-state index contributed by atoms with van der Waals surface area (Å²) in [6.45, 7) is 2.62. The molecule has 3 aromatic rings. The lowest BCUT2D eigenvalue weighted by atomic mass is 9.97. The standard InChI is InChI=1S/C23H26N4O2S/c28-20(24-12-16-10-11-26(13-16)17-6-2-1-3-7-17)14-27-15-25-22-21(23(27)29)18-8-4-5-9-19(18)30-22/h1-3,6-7,15-16H,4-5,8-14H2,(H,24,28). The summed E-state index contributed by atoms with van der Waals surface area (Å²) in [4.78, 5) is 34.5. The van der Waals surface area contributed by atoms with Gasteiger partial charge in [-0.25, -0.2) is 4.98 Å². The van der Waals surface area contributed by atoms with Crippen molar-refractivity contribution in [2.75, 3.05) is 24.5 Å². The second-order valence-corrected chi connectivity index (χ2v) is 9.39. The summed E-state index contributed by atoms with van der Waals surface area (Å²) in [5.74, 6) is 0.302. The molecule has 156 valence electrons. The highest BCUT2D eigenvalue weighted by atomic mass is 32.1. The first-order valence-electron chi connectivity index (χ1n) is 10.8. The van der Waals surface area contributed by atoms with Gasteiger partial charge < -0.3 is 10.2 Å². The number of aryl methyl sites for hydroxylation is 2. The van der Waals surface area contributed by atoms with Crippen molar-refractivity contribution in [3.8, 4) is 0 Å². The molecule has 1 aliphatic carbocycles. The zero-order valence-electron chi connectivity index (χ0n) is 17.0. The molecule has 0 bridgehead atoms. The molecule has 2 aliphatic rings. The van der Waals surface area contributed by atoms with E-state index in [-0.39, 0.29) is 18.0 Å². The molecule has 0 saturated carbocycles. The average molecular weight is 423 g/mol. The number of hydrogen-bond acceptors (Lipinski definition) is 5. The van der Waals surface area contributed by atoms with E-state index in [1.165, 1.54) is 33.4 Å². The summed E-state index contributed by atoms with van der Waals surface area (Å²) in [5, 5.41) is 3.76. The molecule has 1 unspecified atom stereocenters. The number of carbonyl (C=O) groups excluding carboxylic acids is 1. The summed E-state index contributed by atoms with van der Waals surface area (Å²) in [7, 11) is 0. The van der Waals surface area contributed by atoms with E-state index in [4.69, 9.17) is 0 Å². The Morgan fingerprint density at radius 3 is 2.90 bits per heavy atom. The Morgan fingerprint density at radius 2 is 2.03 bits per heavy atom. The van der Waals surface area contributed by atoms with Crippen LogP contribution < -0.4 is 15.8 Å². The molecule has 30 heavy (non-hydrogen) atoms. The SMILES string of the molecule is O=C(Cn1cnc2sc3c(c2c1=O)CCCC3)NCC1CCN(c2ccccc2)C1. The Labute approximate surface area is 179 Å². The number of para-hydroxylation sites is 1. The van der Waals surface area contributed by atoms with Crippen molar-refractivity contribution >= 4 is 33.1 Å². The number of nitrogens with zero attached hydrogens (tertiary/aromatic N) is 3. The molecule has 3 heterocycles. The van der Waals surface area contributed by atoms with Crippen LogP contribution in [0.4, 0.5) is 5.69 Å². The van der Waals surface area contributed by atoms with E-state index in [9.17, 15) is 9.59 Å². The van der Waals surface area contributed by atoms with Crippen molar-refractivity contribution in [1.82, 2.24) is 14.9 Å². The highest BCUT2D eigenvalue weighted by molar-refractivity contribution is 7.18. The lowest BCUT2D eigenvalue weighted by molar-refractivity contribution is -0.121. The average Bonchev–Trinajstić information content (AvgIpc) is 3.40. The molecule has 1 N–H and O–H groups in total. The second-order valence-electron chi connectivity index (χ2n) is 8.31. The minimum absolute atomic E-state index is 0.0293. The van der Waals surface area contributed by atoms with Gasteiger partial charge in [0.2, 0.25) is 5.91 Å². The first-order chi connectivity index (χ1) is 14.7. The predicted molar refractivity (Wildman–Crippen MR) is 120 cm³/mol. The lowest BCUT2D eigenvalue weighted by Crippen LogP contribution is -2.36. The number of rotatable bonds is 5. The topological polar surface area (TPSA) is 67.2 Å². The molecule has 1 aliphatic heterocycles. The first-order valence-corrected chi connectivity index (χ1v) is 11.6. The lowest BCUT2D eigenvalue weighted by Gasteiger charge is -2.18. The third kappa shape index (κ3) is 3.74. The van der Waals surface area contributed by atoms with Crippen LogP contribution in [0.3, 0.4) is 0 Å². The quantitative estimate of drug-likeness (QED) is 0.687. The Balaban J connectivity index is 1.21. The molecule has 1 fully saturated rings. The number of hydrogen-bond donors (Lipinski definition) is 1. The Bertz CT molecular complexity index is 1120. The van der Waals surface area contributed by atoms with Crippen LogP contribution in [0.5, 0.6) is 0 Å². The summed E-state index contributed by atoms with van der Waals surface area (Å²) in [6.07, 6.45) is 6.87. The molecule has 1 atom stereocenters. The Hall–Kier alpha value is -2.67. The normalized spacial score (nSPS) is 18.5. The number of benzene rings is 1. The third-order valence-corrected chi connectivity index (χ3v) is 7.45. The van der Waals surface area contributed by atoms with Crippen LogP contribution in [0.1, 0.15) is 29.7 Å². The van der Waals surface area contributed by atoms with E-state index < -0.39 is 0 Å². The Morgan fingerprint density at radius 1 is 1.20 bits per heavy atom. The molecule has 1 saturated heterocycles. The van der Waals surface area contributed by atoms with E-state index in [1.54, 1.807) is 11.3 Å². The monoisotopic (exact) mass is 422 g/mol. The molecule has 0 spiro atoms. The van der Waals surface area contributed by atoms with Crippen LogP contribution in [0.25, 0.3) is 10.2 Å². The van der Waals surface area contributed by atoms with Gasteiger partial charge in [-0.2, -0.15) is 0 Å². The van der Waals surface area contributed by atoms with Crippen LogP contribution >= 0.6 is 11.3 Å². The number of anilines is 1. The summed E-state index contributed by atoms with van der Waals surface area (Å²) in [5.41, 5.74) is 2.32. The minimum Gasteiger partial charge on any atom is -0.371 e. The van der Waals surface area contributed by atoms with Gasteiger partial charge in [0.25, 0.3) is 5.56 Å². The number of nitrogens with one attached hydrogen (secondary N) is 1. The molecule has 5 rings (SSSR count). The van der Waals surface area contributed by atoms with Crippen molar-refractivity contribution in [3.63, 3.8) is 0 Å². The second kappa shape index (κ2) is 8.22. The van der Waals surface area contributed by atoms with E-state index in [0.717, 1.165) is 49.0 Å². The van der Waals surface area contributed by atoms with Gasteiger partial charge in [-0.05, 0) is 55.7 Å². The van der Waals surface area contributed by atoms with E-state index in [2.05, 4.69) is 39.5 Å². The zero-order chi connectivity index (χ0) is 20.5. The maximum absolute atomic E-state index is 13.0. The van der Waals surface area contributed by atoms with Gasteiger partial charge in [0.05, 0.1) is 11.7 Å². The number of fused-ring (bicyclic) bond motifs is 3. The molecule has 6 nitrogen and oxygen atoms in total. The van der Waals surface area contributed by atoms with E-state index >= 15 is 0 Å². The molecule has 2 aromatic heterocycles. The highest BCUT2D eigenvalue weighted by Gasteiger charge is 2.24. The van der Waals surface area contributed by atoms with Gasteiger partial charge >= 0.3 is 0 Å². The van der Waals surface area contributed by atoms with Crippen LogP contribution in [0.2, 0.25) is 0 Å². The van der Waals surface area contributed by atoms with E-state index in [1.807, 2.05) is 6.07 Å². The smallest absolute Gasteiger partial charge is 0.262 e. The minimum atomic E-state index is -0.125. The fraction of sp³-hybridized carbons (Fsp3) is 0.435. The van der Waals surface area contributed by atoms with Gasteiger partial charge in [0.15, 0.2) is 0 Å². The van der Waals surface area contributed by atoms with Gasteiger partial charge in [-0.3, -0.25) is 14.2 Å². The molecule has 7 heteroatoms. The highest BCUT2D eigenvalue weighted by Crippen LogP contribution is 2.33. The fourth-order valence-corrected chi connectivity index (χ4v) is 5.85. The van der Waals surface area contributed by atoms with Crippen molar-refractivity contribution in [2.45, 2.75) is 38.6 Å². The maximum Gasteiger partial charge on any atom is 0.262 e. The van der Waals surface area contributed by atoms with Crippen molar-refractivity contribution < 1.29 is 4.79 Å². The van der Waals surface area contributed by atoms with Crippen LogP contribution in [0, 0.1) is 5.92 Å². The summed E-state index contributed by atoms with van der Waals surface area (Å²) in [6, 6.07) is 10.4. The number of thiophene rings is 1. The molecule has 1 aromatic carbocycles. The summed E-state index contributed by atoms with van der Waals surface area (Å²) < 4.78 is 1.46. The van der Waals surface area contributed by atoms with Crippen molar-refractivity contribution in [3.05, 3.63) is 57.5 Å². The Kier molecular flexibility index (Phi) is 5.29. The number of aromatic nitrogens is 2. The van der Waals surface area contributed by atoms with Gasteiger partial charge in [0, 0.05) is 30.2 Å². The van der Waals surface area contributed by atoms with Crippen LogP contribution in [-0.4, -0.2) is 35.1 Å². The molecular weight excluding hydrogens is 396 g/mol. The fourth-order valence-electron chi connectivity index (χ4n) is 4.64. The predicted octanol–water partition coefficient (Wildman–Crippen LogP) is 2.98. The number of carbonyl (C=O) groups is 1. The van der Waals surface area contributed by atoms with Crippen LogP contribution in [-0.2, 0) is 24.2 Å². The van der Waals surface area contributed by atoms with Crippen LogP contribution in [0.15, 0.2) is 41.5 Å². The largest absolute Gasteiger partial charge is 0.371 e. The first kappa shape index (κ1) is 19.3. The number of amides is 1. The van der Waals surface area contributed by atoms with Gasteiger partial charge in [-0.1, -0.05) is 18.2 Å². The zero-order valence-corrected chi connectivity index (χ0v) is 17.8. The van der Waals surface area contributed by atoms with Crippen molar-refractivity contribution in [1.29, 1.82) is 0 Å². The maximum atomic E-state index is 13.0. The van der Waals surface area contributed by atoms with E-state index in [0.29, 0.717) is 12.5 Å².